The SMILES string of the molecule is CCC(C)Nc1ccc(Nc2ccc(NC(C)CC)cc2)cc1. The largest absolute Gasteiger partial charge is 0.383 e. The van der Waals surface area contributed by atoms with Gasteiger partial charge in [0.2, 0.25) is 0 Å². The van der Waals surface area contributed by atoms with Gasteiger partial charge in [0.15, 0.2) is 0 Å². The highest BCUT2D eigenvalue weighted by Crippen LogP contribution is 2.21. The van der Waals surface area contributed by atoms with Crippen molar-refractivity contribution in [2.45, 2.75) is 52.6 Å². The molecule has 2 aromatic carbocycles. The zero-order chi connectivity index (χ0) is 16.7. The van der Waals surface area contributed by atoms with Crippen LogP contribution in [0.5, 0.6) is 0 Å². The summed E-state index contributed by atoms with van der Waals surface area (Å²) in [4.78, 5) is 0. The molecule has 3 heteroatoms. The predicted octanol–water partition coefficient (Wildman–Crippen LogP) is 5.85. The molecule has 0 aliphatic carbocycles. The lowest BCUT2D eigenvalue weighted by molar-refractivity contribution is 0.764. The van der Waals surface area contributed by atoms with Crippen LogP contribution in [0.2, 0.25) is 0 Å². The Balaban J connectivity index is 1.94. The molecule has 3 N–H and O–H groups in total. The number of rotatable bonds is 8. The minimum atomic E-state index is 0.499. The van der Waals surface area contributed by atoms with Gasteiger partial charge in [-0.1, -0.05) is 13.8 Å². The Bertz CT molecular complexity index is 521. The van der Waals surface area contributed by atoms with Gasteiger partial charge < -0.3 is 16.0 Å². The summed E-state index contributed by atoms with van der Waals surface area (Å²) in [5.41, 5.74) is 4.53. The van der Waals surface area contributed by atoms with E-state index in [-0.39, 0.29) is 0 Å². The zero-order valence-corrected chi connectivity index (χ0v) is 14.7. The molecule has 3 nitrogen and oxygen atoms in total. The molecule has 0 spiro atoms. The fourth-order valence-corrected chi connectivity index (χ4v) is 2.24. The molecular formula is C20H29N3. The summed E-state index contributed by atoms with van der Waals surface area (Å²) in [7, 11) is 0. The van der Waals surface area contributed by atoms with E-state index in [9.17, 15) is 0 Å². The molecule has 0 aliphatic heterocycles. The van der Waals surface area contributed by atoms with Crippen molar-refractivity contribution in [1.29, 1.82) is 0 Å². The van der Waals surface area contributed by atoms with Gasteiger partial charge in [-0.15, -0.1) is 0 Å². The number of hydrogen-bond donors (Lipinski definition) is 3. The van der Waals surface area contributed by atoms with Gasteiger partial charge in [0.1, 0.15) is 0 Å². The van der Waals surface area contributed by atoms with Crippen molar-refractivity contribution in [1.82, 2.24) is 0 Å². The molecule has 2 rings (SSSR count). The number of benzene rings is 2. The van der Waals surface area contributed by atoms with Crippen LogP contribution in [0.15, 0.2) is 48.5 Å². The van der Waals surface area contributed by atoms with Crippen LogP contribution in [-0.2, 0) is 0 Å². The maximum atomic E-state index is 3.48. The molecule has 0 bridgehead atoms. The molecule has 2 unspecified atom stereocenters. The number of hydrogen-bond acceptors (Lipinski definition) is 3. The molecule has 0 radical (unpaired) electrons. The van der Waals surface area contributed by atoms with Gasteiger partial charge >= 0.3 is 0 Å². The third-order valence-corrected chi connectivity index (χ3v) is 4.11. The summed E-state index contributed by atoms with van der Waals surface area (Å²) < 4.78 is 0. The van der Waals surface area contributed by atoms with E-state index in [4.69, 9.17) is 0 Å². The standard InChI is InChI=1S/C20H29N3/c1-5-15(3)21-17-7-11-19(12-8-17)23-20-13-9-18(10-14-20)22-16(4)6-2/h7-16,21-23H,5-6H2,1-4H3. The van der Waals surface area contributed by atoms with E-state index < -0.39 is 0 Å². The summed E-state index contributed by atoms with van der Waals surface area (Å²) in [6, 6.07) is 17.9. The van der Waals surface area contributed by atoms with Crippen LogP contribution in [0.4, 0.5) is 22.7 Å². The summed E-state index contributed by atoms with van der Waals surface area (Å²) in [5.74, 6) is 0. The van der Waals surface area contributed by atoms with E-state index in [1.54, 1.807) is 0 Å². The Kier molecular flexibility index (Phi) is 6.33. The minimum absolute atomic E-state index is 0.499. The molecule has 0 fully saturated rings. The summed E-state index contributed by atoms with van der Waals surface area (Å²) >= 11 is 0. The van der Waals surface area contributed by atoms with Gasteiger partial charge in [-0.25, -0.2) is 0 Å². The maximum Gasteiger partial charge on any atom is 0.0385 e. The zero-order valence-electron chi connectivity index (χ0n) is 14.7. The highest BCUT2D eigenvalue weighted by Gasteiger charge is 2.01. The molecule has 0 amide bonds. The third-order valence-electron chi connectivity index (χ3n) is 4.11. The fourth-order valence-electron chi connectivity index (χ4n) is 2.24. The van der Waals surface area contributed by atoms with Gasteiger partial charge in [0, 0.05) is 34.8 Å². The highest BCUT2D eigenvalue weighted by atomic mass is 14.9. The lowest BCUT2D eigenvalue weighted by Gasteiger charge is -2.15. The van der Waals surface area contributed by atoms with Crippen molar-refractivity contribution in [2.75, 3.05) is 16.0 Å². The smallest absolute Gasteiger partial charge is 0.0385 e. The summed E-state index contributed by atoms with van der Waals surface area (Å²) in [5, 5.41) is 10.4. The van der Waals surface area contributed by atoms with Crippen LogP contribution in [0.25, 0.3) is 0 Å². The first-order chi connectivity index (χ1) is 11.1. The first-order valence-corrected chi connectivity index (χ1v) is 8.61. The van der Waals surface area contributed by atoms with Crippen molar-refractivity contribution < 1.29 is 0 Å². The van der Waals surface area contributed by atoms with Crippen LogP contribution >= 0.6 is 0 Å². The molecule has 0 aromatic heterocycles. The van der Waals surface area contributed by atoms with Crippen LogP contribution in [0.1, 0.15) is 40.5 Å². The second kappa shape index (κ2) is 8.47. The molecular weight excluding hydrogens is 282 g/mol. The lowest BCUT2D eigenvalue weighted by atomic mass is 10.2. The first kappa shape index (κ1) is 17.2. The van der Waals surface area contributed by atoms with Crippen molar-refractivity contribution in [3.63, 3.8) is 0 Å². The van der Waals surface area contributed by atoms with Gasteiger partial charge in [0.25, 0.3) is 0 Å². The average Bonchev–Trinajstić information content (AvgIpc) is 2.58. The van der Waals surface area contributed by atoms with E-state index in [1.807, 2.05) is 0 Å². The van der Waals surface area contributed by atoms with Crippen molar-refractivity contribution in [3.8, 4) is 0 Å². The van der Waals surface area contributed by atoms with E-state index in [0.717, 1.165) is 35.6 Å². The molecule has 2 aromatic rings. The first-order valence-electron chi connectivity index (χ1n) is 8.61. The maximum absolute atomic E-state index is 3.48. The molecule has 124 valence electrons. The Hall–Kier alpha value is -2.16. The van der Waals surface area contributed by atoms with Crippen molar-refractivity contribution in [2.24, 2.45) is 0 Å². The van der Waals surface area contributed by atoms with Crippen LogP contribution in [0.3, 0.4) is 0 Å². The predicted molar refractivity (Wildman–Crippen MR) is 103 cm³/mol. The molecule has 2 atom stereocenters. The van der Waals surface area contributed by atoms with Crippen LogP contribution in [0, 0.1) is 0 Å². The number of nitrogens with one attached hydrogen (secondary N) is 3. The average molecular weight is 311 g/mol. The topological polar surface area (TPSA) is 36.1 Å². The van der Waals surface area contributed by atoms with Crippen LogP contribution in [-0.4, -0.2) is 12.1 Å². The van der Waals surface area contributed by atoms with E-state index >= 15 is 0 Å². The van der Waals surface area contributed by atoms with E-state index in [2.05, 4.69) is 92.2 Å². The lowest BCUT2D eigenvalue weighted by Crippen LogP contribution is -2.13. The van der Waals surface area contributed by atoms with Gasteiger partial charge in [-0.2, -0.15) is 0 Å². The summed E-state index contributed by atoms with van der Waals surface area (Å²) in [6.45, 7) is 8.77. The Morgan fingerprint density at radius 2 is 0.913 bits per heavy atom. The third kappa shape index (κ3) is 5.51. The van der Waals surface area contributed by atoms with Gasteiger partial charge in [-0.05, 0) is 75.2 Å². The summed E-state index contributed by atoms with van der Waals surface area (Å²) in [6.07, 6.45) is 2.24. The fraction of sp³-hybridized carbons (Fsp3) is 0.400. The van der Waals surface area contributed by atoms with Crippen molar-refractivity contribution in [3.05, 3.63) is 48.5 Å². The Morgan fingerprint density at radius 1 is 0.609 bits per heavy atom. The van der Waals surface area contributed by atoms with E-state index in [1.165, 1.54) is 0 Å². The number of anilines is 4. The second-order valence-electron chi connectivity index (χ2n) is 6.19. The Labute approximate surface area is 140 Å². The normalized spacial score (nSPS) is 13.2. The molecule has 0 heterocycles. The van der Waals surface area contributed by atoms with E-state index in [0.29, 0.717) is 12.1 Å². The molecule has 0 saturated carbocycles. The molecule has 23 heavy (non-hydrogen) atoms. The monoisotopic (exact) mass is 311 g/mol. The minimum Gasteiger partial charge on any atom is -0.383 e. The van der Waals surface area contributed by atoms with Crippen LogP contribution < -0.4 is 16.0 Å². The van der Waals surface area contributed by atoms with Gasteiger partial charge in [-0.3, -0.25) is 0 Å². The highest BCUT2D eigenvalue weighted by molar-refractivity contribution is 5.64. The Morgan fingerprint density at radius 3 is 1.22 bits per heavy atom. The molecule has 0 saturated heterocycles. The molecule has 0 aliphatic rings. The van der Waals surface area contributed by atoms with Gasteiger partial charge in [0.05, 0.1) is 0 Å². The van der Waals surface area contributed by atoms with Crippen molar-refractivity contribution >= 4 is 22.7 Å². The quantitative estimate of drug-likeness (QED) is 0.572. The second-order valence-corrected chi connectivity index (χ2v) is 6.19.